The number of hydrogen-bond acceptors (Lipinski definition) is 1. The molecule has 2 aromatic carbocycles. The first kappa shape index (κ1) is 19.2. The molecule has 0 radical (unpaired) electrons. The first-order valence-electron chi connectivity index (χ1n) is 10.8. The molecule has 0 N–H and O–H groups in total. The van der Waals surface area contributed by atoms with Crippen LogP contribution in [-0.2, 0) is 6.42 Å². The van der Waals surface area contributed by atoms with Crippen LogP contribution in [-0.4, -0.2) is 11.1 Å². The Morgan fingerprint density at radius 1 is 0.833 bits per heavy atom. The molecule has 3 aromatic rings. The highest BCUT2D eigenvalue weighted by molar-refractivity contribution is 7.66. The summed E-state index contributed by atoms with van der Waals surface area (Å²) in [5, 5.41) is 1.49. The molecule has 2 unspecified atom stereocenters. The van der Waals surface area contributed by atoms with Crippen LogP contribution in [0.1, 0.15) is 35.3 Å². The number of aromatic nitrogens is 1. The number of rotatable bonds is 5. The largest absolute Gasteiger partial charge is 0.261 e. The van der Waals surface area contributed by atoms with E-state index >= 15 is 0 Å². The molecule has 148 valence electrons. The van der Waals surface area contributed by atoms with Gasteiger partial charge in [0.15, 0.2) is 0 Å². The van der Waals surface area contributed by atoms with Crippen molar-refractivity contribution in [3.63, 3.8) is 0 Å². The lowest BCUT2D eigenvalue weighted by Crippen LogP contribution is -2.15. The molecule has 0 saturated carbocycles. The molecular formula is C28H26NP. The van der Waals surface area contributed by atoms with E-state index < -0.39 is 7.92 Å². The summed E-state index contributed by atoms with van der Waals surface area (Å²) in [5.41, 5.74) is 7.55. The number of aryl methyl sites for hydroxylation is 1. The van der Waals surface area contributed by atoms with Gasteiger partial charge in [-0.3, -0.25) is 4.98 Å². The topological polar surface area (TPSA) is 12.9 Å². The van der Waals surface area contributed by atoms with Gasteiger partial charge in [-0.25, -0.2) is 0 Å². The number of benzene rings is 2. The highest BCUT2D eigenvalue weighted by Gasteiger charge is 2.31. The minimum absolute atomic E-state index is 0.417. The third-order valence-electron chi connectivity index (χ3n) is 6.05. The molecule has 1 aromatic heterocycles. The summed E-state index contributed by atoms with van der Waals surface area (Å²) in [7, 11) is -0.417. The molecule has 2 aliphatic carbocycles. The molecule has 2 heteroatoms. The SMILES string of the molecule is C1=CC2=C(CC1)C(P(CCc1ccccn1)c1ccccc1)c1ccccc1C=C2. The van der Waals surface area contributed by atoms with Gasteiger partial charge in [-0.2, -0.15) is 0 Å². The second kappa shape index (κ2) is 8.94. The maximum Gasteiger partial charge on any atom is 0.0407 e. The van der Waals surface area contributed by atoms with Gasteiger partial charge in [-0.1, -0.05) is 98.5 Å². The van der Waals surface area contributed by atoms with Crippen molar-refractivity contribution in [2.75, 3.05) is 6.16 Å². The smallest absolute Gasteiger partial charge is 0.0407 e. The third kappa shape index (κ3) is 3.95. The van der Waals surface area contributed by atoms with Crippen LogP contribution in [0.3, 0.4) is 0 Å². The predicted octanol–water partition coefficient (Wildman–Crippen LogP) is 6.85. The average Bonchev–Trinajstić information content (AvgIpc) is 2.98. The van der Waals surface area contributed by atoms with Gasteiger partial charge in [-0.05, 0) is 59.6 Å². The zero-order valence-corrected chi connectivity index (χ0v) is 18.0. The summed E-state index contributed by atoms with van der Waals surface area (Å²) >= 11 is 0. The normalized spacial score (nSPS) is 18.5. The summed E-state index contributed by atoms with van der Waals surface area (Å²) < 4.78 is 0. The fraction of sp³-hybridized carbons (Fsp3) is 0.179. The second-order valence-corrected chi connectivity index (χ2v) is 10.3. The van der Waals surface area contributed by atoms with Crippen molar-refractivity contribution < 1.29 is 0 Å². The van der Waals surface area contributed by atoms with Crippen molar-refractivity contribution in [1.82, 2.24) is 4.98 Å². The van der Waals surface area contributed by atoms with Crippen LogP contribution in [0.5, 0.6) is 0 Å². The minimum atomic E-state index is -0.417. The van der Waals surface area contributed by atoms with Crippen molar-refractivity contribution in [1.29, 1.82) is 0 Å². The molecule has 1 nitrogen and oxygen atoms in total. The summed E-state index contributed by atoms with van der Waals surface area (Å²) in [6, 6.07) is 26.5. The van der Waals surface area contributed by atoms with Crippen molar-refractivity contribution in [3.8, 4) is 0 Å². The number of pyridine rings is 1. The molecular weight excluding hydrogens is 381 g/mol. The zero-order chi connectivity index (χ0) is 20.2. The van der Waals surface area contributed by atoms with E-state index in [0.717, 1.165) is 25.4 Å². The maximum absolute atomic E-state index is 4.61. The minimum Gasteiger partial charge on any atom is -0.261 e. The lowest BCUT2D eigenvalue weighted by atomic mass is 9.92. The lowest BCUT2D eigenvalue weighted by Gasteiger charge is -2.33. The number of fused-ring (bicyclic) bond motifs is 1. The zero-order valence-electron chi connectivity index (χ0n) is 17.1. The molecule has 0 fully saturated rings. The Balaban J connectivity index is 1.61. The highest BCUT2D eigenvalue weighted by atomic mass is 31.1. The standard InChI is InChI=1S/C28H26NP/c1-2-13-25(14-3-1)30(21-19-24-12-8-9-20-29-24)28-26-15-6-4-10-22(26)17-18-23-11-5-7-16-27(23)28/h1-6,8-15,17-18,20,28H,7,16,19,21H2. The van der Waals surface area contributed by atoms with Crippen LogP contribution in [0.4, 0.5) is 0 Å². The Hall–Kier alpha value is -2.76. The van der Waals surface area contributed by atoms with E-state index in [4.69, 9.17) is 0 Å². The van der Waals surface area contributed by atoms with Crippen molar-refractivity contribution in [3.05, 3.63) is 125 Å². The quantitative estimate of drug-likeness (QED) is 0.422. The molecule has 5 rings (SSSR count). The second-order valence-electron chi connectivity index (χ2n) is 7.89. The molecule has 30 heavy (non-hydrogen) atoms. The Bertz CT molecular complexity index is 1100. The lowest BCUT2D eigenvalue weighted by molar-refractivity contribution is 0.880. The van der Waals surface area contributed by atoms with Crippen molar-refractivity contribution in [2.45, 2.75) is 24.9 Å². The Labute approximate surface area is 180 Å². The summed E-state index contributed by atoms with van der Waals surface area (Å²) in [6.07, 6.45) is 15.7. The van der Waals surface area contributed by atoms with Crippen LogP contribution in [0.2, 0.25) is 0 Å². The molecule has 0 aliphatic heterocycles. The van der Waals surface area contributed by atoms with E-state index in [-0.39, 0.29) is 0 Å². The van der Waals surface area contributed by atoms with Crippen LogP contribution in [0, 0.1) is 0 Å². The van der Waals surface area contributed by atoms with Crippen LogP contribution >= 0.6 is 7.92 Å². The van der Waals surface area contributed by atoms with E-state index in [9.17, 15) is 0 Å². The number of nitrogens with zero attached hydrogens (tertiary/aromatic N) is 1. The molecule has 2 atom stereocenters. The summed E-state index contributed by atoms with van der Waals surface area (Å²) in [5.74, 6) is 0. The molecule has 0 bridgehead atoms. The van der Waals surface area contributed by atoms with Gasteiger partial charge in [0.25, 0.3) is 0 Å². The van der Waals surface area contributed by atoms with Crippen molar-refractivity contribution in [2.24, 2.45) is 0 Å². The third-order valence-corrected chi connectivity index (χ3v) is 8.93. The van der Waals surface area contributed by atoms with Gasteiger partial charge in [-0.15, -0.1) is 0 Å². The van der Waals surface area contributed by atoms with Gasteiger partial charge < -0.3 is 0 Å². The van der Waals surface area contributed by atoms with Gasteiger partial charge in [0.2, 0.25) is 0 Å². The summed E-state index contributed by atoms with van der Waals surface area (Å²) in [4.78, 5) is 4.61. The molecule has 0 spiro atoms. The molecule has 0 saturated heterocycles. The fourth-order valence-corrected chi connectivity index (χ4v) is 7.67. The molecule has 0 amide bonds. The maximum atomic E-state index is 4.61. The average molecular weight is 407 g/mol. The van der Waals surface area contributed by atoms with Gasteiger partial charge in [0.05, 0.1) is 0 Å². The van der Waals surface area contributed by atoms with E-state index in [1.165, 1.54) is 27.7 Å². The first-order chi connectivity index (χ1) is 14.9. The first-order valence-corrected chi connectivity index (χ1v) is 12.4. The predicted molar refractivity (Wildman–Crippen MR) is 129 cm³/mol. The van der Waals surface area contributed by atoms with E-state index in [1.807, 2.05) is 12.3 Å². The van der Waals surface area contributed by atoms with Crippen LogP contribution in [0.15, 0.2) is 108 Å². The van der Waals surface area contributed by atoms with Gasteiger partial charge in [0, 0.05) is 17.5 Å². The van der Waals surface area contributed by atoms with E-state index in [0.29, 0.717) is 5.66 Å². The van der Waals surface area contributed by atoms with Crippen molar-refractivity contribution >= 4 is 19.3 Å². The Kier molecular flexibility index (Phi) is 5.73. The van der Waals surface area contributed by atoms with Crippen LogP contribution in [0.25, 0.3) is 6.08 Å². The van der Waals surface area contributed by atoms with Gasteiger partial charge in [0.1, 0.15) is 0 Å². The Morgan fingerprint density at radius 3 is 2.53 bits per heavy atom. The van der Waals surface area contributed by atoms with Gasteiger partial charge >= 0.3 is 0 Å². The summed E-state index contributed by atoms with van der Waals surface area (Å²) in [6.45, 7) is 0. The fourth-order valence-electron chi connectivity index (χ4n) is 4.60. The number of allylic oxidation sites excluding steroid dienone is 5. The monoisotopic (exact) mass is 407 g/mol. The molecule has 2 aliphatic rings. The van der Waals surface area contributed by atoms with E-state index in [1.54, 1.807) is 5.57 Å². The van der Waals surface area contributed by atoms with E-state index in [2.05, 4.69) is 96.0 Å². The molecule has 1 heterocycles. The highest BCUT2D eigenvalue weighted by Crippen LogP contribution is 2.58. The Morgan fingerprint density at radius 2 is 1.67 bits per heavy atom. The number of hydrogen-bond donors (Lipinski definition) is 0. The van der Waals surface area contributed by atoms with Crippen LogP contribution < -0.4 is 5.30 Å².